The van der Waals surface area contributed by atoms with Crippen molar-refractivity contribution in [2.75, 3.05) is 24.5 Å². The summed E-state index contributed by atoms with van der Waals surface area (Å²) >= 11 is 6.03. The van der Waals surface area contributed by atoms with Crippen molar-refractivity contribution in [1.82, 2.24) is 5.32 Å². The molecule has 130 valence electrons. The number of benzene rings is 2. The summed E-state index contributed by atoms with van der Waals surface area (Å²) in [5.41, 5.74) is 3.43. The van der Waals surface area contributed by atoms with E-state index < -0.39 is 0 Å². The second-order valence-electron chi connectivity index (χ2n) is 6.08. The fourth-order valence-electron chi connectivity index (χ4n) is 2.97. The first kappa shape index (κ1) is 17.4. The number of carbonyl (C=O) groups excluding carboxylic acids is 1. The minimum Gasteiger partial charge on any atom is -0.508 e. The number of nitrogens with zero attached hydrogens (tertiary/aromatic N) is 1. The fourth-order valence-corrected chi connectivity index (χ4v) is 3.16. The summed E-state index contributed by atoms with van der Waals surface area (Å²) in [5, 5.41) is 12.9. The van der Waals surface area contributed by atoms with Crippen LogP contribution in [0.1, 0.15) is 17.5 Å². The number of hydrogen-bond acceptors (Lipinski definition) is 3. The summed E-state index contributed by atoms with van der Waals surface area (Å²) in [4.78, 5) is 14.2. The quantitative estimate of drug-likeness (QED) is 0.614. The van der Waals surface area contributed by atoms with E-state index in [1.54, 1.807) is 30.3 Å². The van der Waals surface area contributed by atoms with Crippen molar-refractivity contribution in [3.8, 4) is 5.75 Å². The first-order valence-corrected chi connectivity index (χ1v) is 8.78. The highest BCUT2D eigenvalue weighted by molar-refractivity contribution is 6.30. The van der Waals surface area contributed by atoms with Gasteiger partial charge in [0, 0.05) is 36.4 Å². The third-order valence-corrected chi connectivity index (χ3v) is 4.49. The van der Waals surface area contributed by atoms with Crippen LogP contribution in [-0.2, 0) is 11.2 Å². The average Bonchev–Trinajstić information content (AvgIpc) is 3.00. The smallest absolute Gasteiger partial charge is 0.244 e. The molecule has 0 aliphatic carbocycles. The second kappa shape index (κ2) is 8.08. The number of phenols is 1. The van der Waals surface area contributed by atoms with E-state index in [0.29, 0.717) is 6.54 Å². The second-order valence-corrected chi connectivity index (χ2v) is 6.52. The van der Waals surface area contributed by atoms with Crippen molar-refractivity contribution in [2.45, 2.75) is 12.8 Å². The van der Waals surface area contributed by atoms with Crippen LogP contribution in [0.15, 0.2) is 48.5 Å². The lowest BCUT2D eigenvalue weighted by atomic mass is 10.2. The maximum atomic E-state index is 11.8. The Kier molecular flexibility index (Phi) is 5.61. The summed E-state index contributed by atoms with van der Waals surface area (Å²) in [6, 6.07) is 12.7. The maximum absolute atomic E-state index is 11.8. The van der Waals surface area contributed by atoms with Crippen LogP contribution in [0.5, 0.6) is 5.75 Å². The van der Waals surface area contributed by atoms with E-state index in [-0.39, 0.29) is 11.7 Å². The highest BCUT2D eigenvalue weighted by Gasteiger charge is 2.18. The maximum Gasteiger partial charge on any atom is 0.244 e. The molecule has 3 rings (SSSR count). The van der Waals surface area contributed by atoms with Crippen LogP contribution in [0.2, 0.25) is 5.02 Å². The molecule has 0 bridgehead atoms. The van der Waals surface area contributed by atoms with Crippen LogP contribution in [0.4, 0.5) is 5.69 Å². The van der Waals surface area contributed by atoms with Gasteiger partial charge in [-0.3, -0.25) is 4.79 Å². The Bertz CT molecular complexity index is 772. The number of aromatic hydroxyl groups is 1. The minimum absolute atomic E-state index is 0.110. The van der Waals surface area contributed by atoms with Gasteiger partial charge in [0.2, 0.25) is 5.91 Å². The summed E-state index contributed by atoms with van der Waals surface area (Å²) in [5.74, 6) is 0.106. The van der Waals surface area contributed by atoms with Gasteiger partial charge in [-0.2, -0.15) is 0 Å². The molecule has 0 saturated carbocycles. The molecule has 4 nitrogen and oxygen atoms in total. The number of phenolic OH excluding ortho intramolecular Hbond substituents is 1. The van der Waals surface area contributed by atoms with Crippen molar-refractivity contribution in [1.29, 1.82) is 0 Å². The molecular weight excluding hydrogens is 336 g/mol. The summed E-state index contributed by atoms with van der Waals surface area (Å²) < 4.78 is 0. The van der Waals surface area contributed by atoms with Gasteiger partial charge >= 0.3 is 0 Å². The van der Waals surface area contributed by atoms with E-state index in [2.05, 4.69) is 16.3 Å². The molecule has 1 aliphatic rings. The standard InChI is InChI=1S/C20H21ClN2O2/c21-17-5-8-19-16(14-17)10-13-23(19)12-1-11-22-20(25)9-4-15-2-6-18(24)7-3-15/h2-9,14,24H,1,10-13H2,(H,22,25)/b9-4+. The molecule has 0 fully saturated rings. The van der Waals surface area contributed by atoms with Gasteiger partial charge in [0.25, 0.3) is 0 Å². The fraction of sp³-hybridized carbons (Fsp3) is 0.250. The summed E-state index contributed by atoms with van der Waals surface area (Å²) in [6.45, 7) is 2.55. The molecular formula is C20H21ClN2O2. The molecule has 2 aromatic carbocycles. The molecule has 0 spiro atoms. The number of fused-ring (bicyclic) bond motifs is 1. The molecule has 0 aromatic heterocycles. The zero-order valence-electron chi connectivity index (χ0n) is 13.9. The van der Waals surface area contributed by atoms with Crippen molar-refractivity contribution >= 4 is 29.3 Å². The topological polar surface area (TPSA) is 52.6 Å². The van der Waals surface area contributed by atoms with E-state index in [4.69, 9.17) is 11.6 Å². The van der Waals surface area contributed by atoms with Gasteiger partial charge in [0.05, 0.1) is 0 Å². The zero-order chi connectivity index (χ0) is 17.6. The number of anilines is 1. The van der Waals surface area contributed by atoms with Crippen molar-refractivity contribution in [3.05, 3.63) is 64.7 Å². The molecule has 0 radical (unpaired) electrons. The number of hydrogen-bond donors (Lipinski definition) is 2. The molecule has 2 N–H and O–H groups in total. The minimum atomic E-state index is -0.110. The molecule has 25 heavy (non-hydrogen) atoms. The Balaban J connectivity index is 1.40. The Labute approximate surface area is 152 Å². The molecule has 2 aromatic rings. The van der Waals surface area contributed by atoms with Crippen LogP contribution in [0.3, 0.4) is 0 Å². The molecule has 0 saturated heterocycles. The van der Waals surface area contributed by atoms with Gasteiger partial charge in [-0.25, -0.2) is 0 Å². The van der Waals surface area contributed by atoms with Gasteiger partial charge in [-0.15, -0.1) is 0 Å². The van der Waals surface area contributed by atoms with Crippen molar-refractivity contribution in [3.63, 3.8) is 0 Å². The predicted molar refractivity (Wildman–Crippen MR) is 102 cm³/mol. The molecule has 0 atom stereocenters. The molecule has 5 heteroatoms. The largest absolute Gasteiger partial charge is 0.508 e. The van der Waals surface area contributed by atoms with E-state index in [0.717, 1.165) is 36.5 Å². The van der Waals surface area contributed by atoms with Gasteiger partial charge in [-0.05, 0) is 60.4 Å². The Morgan fingerprint density at radius 1 is 1.24 bits per heavy atom. The number of rotatable bonds is 6. The SMILES string of the molecule is O=C(/C=C/c1ccc(O)cc1)NCCCN1CCc2cc(Cl)ccc21. The first-order chi connectivity index (χ1) is 12.1. The van der Waals surface area contributed by atoms with Crippen molar-refractivity contribution in [2.24, 2.45) is 0 Å². The lowest BCUT2D eigenvalue weighted by Crippen LogP contribution is -2.28. The van der Waals surface area contributed by atoms with E-state index in [1.165, 1.54) is 17.3 Å². The monoisotopic (exact) mass is 356 g/mol. The normalized spacial score (nSPS) is 13.2. The summed E-state index contributed by atoms with van der Waals surface area (Å²) in [6.07, 6.45) is 5.16. The van der Waals surface area contributed by atoms with E-state index in [9.17, 15) is 9.90 Å². The van der Waals surface area contributed by atoms with Gasteiger partial charge in [0.1, 0.15) is 5.75 Å². The van der Waals surface area contributed by atoms with Gasteiger partial charge in [0.15, 0.2) is 0 Å². The Morgan fingerprint density at radius 3 is 2.84 bits per heavy atom. The third-order valence-electron chi connectivity index (χ3n) is 4.26. The highest BCUT2D eigenvalue weighted by Crippen LogP contribution is 2.30. The third kappa shape index (κ3) is 4.77. The van der Waals surface area contributed by atoms with E-state index >= 15 is 0 Å². The average molecular weight is 357 g/mol. The number of halogens is 1. The molecule has 1 heterocycles. The van der Waals surface area contributed by atoms with Crippen LogP contribution in [0, 0.1) is 0 Å². The van der Waals surface area contributed by atoms with Crippen LogP contribution >= 0.6 is 11.6 Å². The predicted octanol–water partition coefficient (Wildman–Crippen LogP) is 3.63. The molecule has 1 aliphatic heterocycles. The van der Waals surface area contributed by atoms with Crippen LogP contribution < -0.4 is 10.2 Å². The van der Waals surface area contributed by atoms with Crippen LogP contribution in [-0.4, -0.2) is 30.6 Å². The van der Waals surface area contributed by atoms with E-state index in [1.807, 2.05) is 12.1 Å². The van der Waals surface area contributed by atoms with Gasteiger partial charge < -0.3 is 15.3 Å². The Morgan fingerprint density at radius 2 is 2.04 bits per heavy atom. The number of amides is 1. The first-order valence-electron chi connectivity index (χ1n) is 8.40. The van der Waals surface area contributed by atoms with Crippen molar-refractivity contribution < 1.29 is 9.90 Å². The Hall–Kier alpha value is -2.46. The molecule has 0 unspecified atom stereocenters. The highest BCUT2D eigenvalue weighted by atomic mass is 35.5. The lowest BCUT2D eigenvalue weighted by molar-refractivity contribution is -0.116. The lowest BCUT2D eigenvalue weighted by Gasteiger charge is -2.19. The van der Waals surface area contributed by atoms with Crippen LogP contribution in [0.25, 0.3) is 6.08 Å². The number of carbonyl (C=O) groups is 1. The van der Waals surface area contributed by atoms with Gasteiger partial charge in [-0.1, -0.05) is 23.7 Å². The number of nitrogens with one attached hydrogen (secondary N) is 1. The molecule has 1 amide bonds. The summed E-state index contributed by atoms with van der Waals surface area (Å²) in [7, 11) is 0. The zero-order valence-corrected chi connectivity index (χ0v) is 14.7.